The Morgan fingerprint density at radius 3 is 2.69 bits per heavy atom. The highest BCUT2D eigenvalue weighted by molar-refractivity contribution is 7.98. The minimum Gasteiger partial charge on any atom is -0.268 e. The van der Waals surface area contributed by atoms with E-state index in [0.717, 1.165) is 46.1 Å². The molecule has 3 nitrogen and oxygen atoms in total. The fourth-order valence-electron chi connectivity index (χ4n) is 4.50. The number of benzene rings is 3. The maximum Gasteiger partial charge on any atom is 0.267 e. The molecule has 5 aromatic rings. The highest BCUT2D eigenvalue weighted by Crippen LogP contribution is 2.37. The Kier molecular flexibility index (Phi) is 5.05. The zero-order valence-electron chi connectivity index (χ0n) is 17.2. The summed E-state index contributed by atoms with van der Waals surface area (Å²) in [7, 11) is 0. The Morgan fingerprint density at radius 2 is 1.81 bits per heavy atom. The van der Waals surface area contributed by atoms with E-state index in [1.54, 1.807) is 27.7 Å². The van der Waals surface area contributed by atoms with Crippen LogP contribution in [0.5, 0.6) is 0 Å². The van der Waals surface area contributed by atoms with E-state index in [1.165, 1.54) is 26.8 Å². The Labute approximate surface area is 198 Å². The third kappa shape index (κ3) is 3.36. The Hall–Kier alpha value is -2.60. The van der Waals surface area contributed by atoms with Crippen LogP contribution in [0, 0.1) is 0 Å². The van der Waals surface area contributed by atoms with Gasteiger partial charge in [0.1, 0.15) is 4.83 Å². The van der Waals surface area contributed by atoms with Crippen molar-refractivity contribution in [2.24, 2.45) is 0 Å². The summed E-state index contributed by atoms with van der Waals surface area (Å²) in [5, 5.41) is 4.62. The van der Waals surface area contributed by atoms with Crippen LogP contribution in [0.1, 0.15) is 22.4 Å². The second kappa shape index (κ2) is 8.07. The van der Waals surface area contributed by atoms with Gasteiger partial charge < -0.3 is 0 Å². The van der Waals surface area contributed by atoms with Crippen molar-refractivity contribution in [3.63, 3.8) is 0 Å². The predicted molar refractivity (Wildman–Crippen MR) is 136 cm³/mol. The van der Waals surface area contributed by atoms with Gasteiger partial charge in [-0.2, -0.15) is 0 Å². The zero-order chi connectivity index (χ0) is 21.7. The normalized spacial score (nSPS) is 13.2. The third-order valence-corrected chi connectivity index (χ3v) is 8.45. The minimum absolute atomic E-state index is 0.0251. The van der Waals surface area contributed by atoms with Crippen LogP contribution >= 0.6 is 34.7 Å². The van der Waals surface area contributed by atoms with Gasteiger partial charge in [0.05, 0.1) is 11.1 Å². The lowest BCUT2D eigenvalue weighted by atomic mass is 10.1. The lowest BCUT2D eigenvalue weighted by molar-refractivity contribution is 0.820. The standard InChI is InChI=1S/C26H19ClN2OS2/c27-18-11-13-19(14-12-18)29-25(30)23-21-9-4-10-22(21)32-24(23)28-26(29)31-15-17-7-3-6-16-5-1-2-8-20(16)17/h1-3,5-8,11-14H,4,9-10,15H2. The van der Waals surface area contributed by atoms with Gasteiger partial charge in [-0.3, -0.25) is 9.36 Å². The molecular formula is C26H19ClN2OS2. The molecule has 1 aliphatic carbocycles. The number of halogens is 1. The molecule has 0 atom stereocenters. The van der Waals surface area contributed by atoms with Gasteiger partial charge in [-0.25, -0.2) is 4.98 Å². The smallest absolute Gasteiger partial charge is 0.267 e. The summed E-state index contributed by atoms with van der Waals surface area (Å²) >= 11 is 9.42. The Balaban J connectivity index is 1.50. The summed E-state index contributed by atoms with van der Waals surface area (Å²) in [4.78, 5) is 21.0. The van der Waals surface area contributed by atoms with Crippen molar-refractivity contribution in [1.29, 1.82) is 0 Å². The Morgan fingerprint density at radius 1 is 1.00 bits per heavy atom. The molecule has 0 N–H and O–H groups in total. The SMILES string of the molecule is O=c1c2c3c(sc2nc(SCc2cccc4ccccc24)n1-c1ccc(Cl)cc1)CCC3. The molecule has 0 aliphatic heterocycles. The summed E-state index contributed by atoms with van der Waals surface area (Å²) in [5.74, 6) is 0.734. The van der Waals surface area contributed by atoms with Crippen LogP contribution in [0.3, 0.4) is 0 Å². The summed E-state index contributed by atoms with van der Waals surface area (Å²) in [6.07, 6.45) is 3.14. The second-order valence-electron chi connectivity index (χ2n) is 7.98. The molecule has 0 saturated carbocycles. The molecule has 0 fully saturated rings. The molecule has 2 aromatic heterocycles. The van der Waals surface area contributed by atoms with Crippen molar-refractivity contribution >= 4 is 55.7 Å². The van der Waals surface area contributed by atoms with E-state index >= 15 is 0 Å². The van der Waals surface area contributed by atoms with Gasteiger partial charge in [-0.05, 0) is 65.4 Å². The van der Waals surface area contributed by atoms with Crippen LogP contribution in [-0.2, 0) is 18.6 Å². The van der Waals surface area contributed by atoms with E-state index in [-0.39, 0.29) is 5.56 Å². The second-order valence-corrected chi connectivity index (χ2v) is 10.4. The molecule has 1 aliphatic rings. The number of aryl methyl sites for hydroxylation is 2. The predicted octanol–water partition coefficient (Wildman–Crippen LogP) is 7.03. The summed E-state index contributed by atoms with van der Waals surface area (Å²) < 4.78 is 1.76. The summed E-state index contributed by atoms with van der Waals surface area (Å²) in [6, 6.07) is 22.2. The monoisotopic (exact) mass is 474 g/mol. The molecule has 0 saturated heterocycles. The van der Waals surface area contributed by atoms with Crippen LogP contribution in [0.25, 0.3) is 26.7 Å². The number of hydrogen-bond donors (Lipinski definition) is 0. The first-order chi connectivity index (χ1) is 15.7. The number of thiophene rings is 1. The molecule has 6 rings (SSSR count). The van der Waals surface area contributed by atoms with Crippen molar-refractivity contribution < 1.29 is 0 Å². The molecular weight excluding hydrogens is 456 g/mol. The number of aromatic nitrogens is 2. The molecule has 0 amide bonds. The van der Waals surface area contributed by atoms with E-state index in [0.29, 0.717) is 5.02 Å². The van der Waals surface area contributed by atoms with Crippen molar-refractivity contribution in [3.8, 4) is 5.69 Å². The van der Waals surface area contributed by atoms with Crippen molar-refractivity contribution in [3.05, 3.63) is 98.1 Å². The van der Waals surface area contributed by atoms with Crippen molar-refractivity contribution in [2.75, 3.05) is 0 Å². The van der Waals surface area contributed by atoms with Crippen LogP contribution in [0.4, 0.5) is 0 Å². The van der Waals surface area contributed by atoms with Gasteiger partial charge in [-0.1, -0.05) is 65.8 Å². The highest BCUT2D eigenvalue weighted by atomic mass is 35.5. The quantitative estimate of drug-likeness (QED) is 0.207. The van der Waals surface area contributed by atoms with Crippen LogP contribution in [-0.4, -0.2) is 9.55 Å². The summed E-state index contributed by atoms with van der Waals surface area (Å²) in [6.45, 7) is 0. The van der Waals surface area contributed by atoms with Crippen molar-refractivity contribution in [2.45, 2.75) is 30.2 Å². The number of rotatable bonds is 4. The lowest BCUT2D eigenvalue weighted by Crippen LogP contribution is -2.21. The molecule has 0 radical (unpaired) electrons. The van der Waals surface area contributed by atoms with Gasteiger partial charge in [0.15, 0.2) is 5.16 Å². The number of fused-ring (bicyclic) bond motifs is 4. The van der Waals surface area contributed by atoms with Gasteiger partial charge in [-0.15, -0.1) is 11.3 Å². The zero-order valence-corrected chi connectivity index (χ0v) is 19.6. The minimum atomic E-state index is 0.0251. The average Bonchev–Trinajstić information content (AvgIpc) is 3.39. The van der Waals surface area contributed by atoms with Gasteiger partial charge >= 0.3 is 0 Å². The number of nitrogens with zero attached hydrogens (tertiary/aromatic N) is 2. The maximum atomic E-state index is 13.8. The Bertz CT molecular complexity index is 1530. The third-order valence-electron chi connectivity index (χ3n) is 6.03. The molecule has 0 unspecified atom stereocenters. The first-order valence-corrected chi connectivity index (χ1v) is 12.8. The number of hydrogen-bond acceptors (Lipinski definition) is 4. The summed E-state index contributed by atoms with van der Waals surface area (Å²) in [5.41, 5.74) is 3.26. The molecule has 6 heteroatoms. The fourth-order valence-corrected chi connectivity index (χ4v) is 6.95. The fraction of sp³-hybridized carbons (Fsp3) is 0.154. The van der Waals surface area contributed by atoms with Gasteiger partial charge in [0, 0.05) is 15.7 Å². The van der Waals surface area contributed by atoms with E-state index in [1.807, 2.05) is 24.3 Å². The molecule has 0 bridgehead atoms. The van der Waals surface area contributed by atoms with Gasteiger partial charge in [0.25, 0.3) is 5.56 Å². The maximum absolute atomic E-state index is 13.8. The van der Waals surface area contributed by atoms with E-state index in [4.69, 9.17) is 16.6 Å². The van der Waals surface area contributed by atoms with Crippen LogP contribution in [0.2, 0.25) is 5.02 Å². The molecule has 3 aromatic carbocycles. The topological polar surface area (TPSA) is 34.9 Å². The van der Waals surface area contributed by atoms with E-state index < -0.39 is 0 Å². The molecule has 0 spiro atoms. The first kappa shape index (κ1) is 20.0. The molecule has 158 valence electrons. The van der Waals surface area contributed by atoms with Crippen molar-refractivity contribution in [1.82, 2.24) is 9.55 Å². The van der Waals surface area contributed by atoms with E-state index in [9.17, 15) is 4.79 Å². The average molecular weight is 475 g/mol. The molecule has 2 heterocycles. The first-order valence-electron chi connectivity index (χ1n) is 10.6. The van der Waals surface area contributed by atoms with Gasteiger partial charge in [0.2, 0.25) is 0 Å². The highest BCUT2D eigenvalue weighted by Gasteiger charge is 2.24. The molecule has 32 heavy (non-hydrogen) atoms. The van der Waals surface area contributed by atoms with E-state index in [2.05, 4.69) is 42.5 Å². The van der Waals surface area contributed by atoms with Crippen LogP contribution < -0.4 is 5.56 Å². The largest absolute Gasteiger partial charge is 0.268 e. The number of thioether (sulfide) groups is 1. The lowest BCUT2D eigenvalue weighted by Gasteiger charge is -2.13. The van der Waals surface area contributed by atoms with Crippen LogP contribution in [0.15, 0.2) is 76.7 Å².